The number of carbonyl (C=O) groups excluding carboxylic acids is 1. The number of ether oxygens (including phenoxy) is 1. The standard InChI is InChI=1S/C22H28N2O3/c1-5-6-13-23-14-11-17-16-9-7-8-10-18(16)24(20(17)19(23)12-15-25)21(26)27-22(2,3)4/h7-10,19,25H,11-15H2,1-4H3/t19-/m0/s1. The summed E-state index contributed by atoms with van der Waals surface area (Å²) < 4.78 is 7.42. The molecule has 2 heterocycles. The van der Waals surface area contributed by atoms with E-state index in [4.69, 9.17) is 4.74 Å². The van der Waals surface area contributed by atoms with Crippen molar-refractivity contribution in [2.24, 2.45) is 0 Å². The lowest BCUT2D eigenvalue weighted by Gasteiger charge is -2.35. The van der Waals surface area contributed by atoms with Crippen LogP contribution in [0.4, 0.5) is 4.79 Å². The van der Waals surface area contributed by atoms with Gasteiger partial charge in [-0.1, -0.05) is 24.1 Å². The molecule has 1 aliphatic rings. The van der Waals surface area contributed by atoms with E-state index in [1.54, 1.807) is 4.57 Å². The van der Waals surface area contributed by atoms with Crippen LogP contribution in [0.3, 0.4) is 0 Å². The van der Waals surface area contributed by atoms with Gasteiger partial charge in [-0.15, -0.1) is 5.92 Å². The average Bonchev–Trinajstić information content (AvgIpc) is 2.94. The first kappa shape index (κ1) is 19.5. The maximum Gasteiger partial charge on any atom is 0.419 e. The van der Waals surface area contributed by atoms with Crippen LogP contribution in [0.5, 0.6) is 0 Å². The molecule has 0 fully saturated rings. The van der Waals surface area contributed by atoms with Crippen LogP contribution in [-0.2, 0) is 11.2 Å². The Bertz CT molecular complexity index is 896. The molecule has 1 atom stereocenters. The summed E-state index contributed by atoms with van der Waals surface area (Å²) in [6, 6.07) is 7.89. The molecule has 1 aromatic heterocycles. The summed E-state index contributed by atoms with van der Waals surface area (Å²) in [4.78, 5) is 15.4. The Labute approximate surface area is 160 Å². The summed E-state index contributed by atoms with van der Waals surface area (Å²) in [5, 5.41) is 10.8. The van der Waals surface area contributed by atoms with Crippen molar-refractivity contribution < 1.29 is 14.6 Å². The fourth-order valence-electron chi connectivity index (χ4n) is 3.84. The van der Waals surface area contributed by atoms with Crippen molar-refractivity contribution in [3.05, 3.63) is 35.5 Å². The third kappa shape index (κ3) is 3.87. The van der Waals surface area contributed by atoms with Gasteiger partial charge in [0, 0.05) is 18.5 Å². The van der Waals surface area contributed by atoms with Crippen LogP contribution >= 0.6 is 0 Å². The van der Waals surface area contributed by atoms with Gasteiger partial charge in [-0.25, -0.2) is 9.36 Å². The van der Waals surface area contributed by atoms with Crippen molar-refractivity contribution in [2.75, 3.05) is 19.7 Å². The summed E-state index contributed by atoms with van der Waals surface area (Å²) in [7, 11) is 0. The molecule has 0 saturated heterocycles. The maximum atomic E-state index is 13.1. The van der Waals surface area contributed by atoms with Crippen molar-refractivity contribution in [2.45, 2.75) is 52.2 Å². The number of rotatable bonds is 3. The number of nitrogens with zero attached hydrogens (tertiary/aromatic N) is 2. The van der Waals surface area contributed by atoms with E-state index in [-0.39, 0.29) is 18.7 Å². The number of fused-ring (bicyclic) bond motifs is 3. The Balaban J connectivity index is 2.18. The molecule has 0 amide bonds. The molecule has 3 rings (SSSR count). The minimum Gasteiger partial charge on any atom is -0.443 e. The molecule has 5 nitrogen and oxygen atoms in total. The number of benzene rings is 1. The lowest BCUT2D eigenvalue weighted by atomic mass is 9.95. The molecule has 0 bridgehead atoms. The molecule has 1 aliphatic heterocycles. The van der Waals surface area contributed by atoms with Crippen LogP contribution < -0.4 is 0 Å². The van der Waals surface area contributed by atoms with Gasteiger partial charge in [0.15, 0.2) is 0 Å². The second kappa shape index (κ2) is 7.75. The van der Waals surface area contributed by atoms with Gasteiger partial charge in [-0.05, 0) is 52.2 Å². The van der Waals surface area contributed by atoms with Gasteiger partial charge in [0.05, 0.1) is 23.8 Å². The summed E-state index contributed by atoms with van der Waals surface area (Å²) in [5.41, 5.74) is 2.39. The summed E-state index contributed by atoms with van der Waals surface area (Å²) >= 11 is 0. The van der Waals surface area contributed by atoms with E-state index < -0.39 is 5.60 Å². The lowest BCUT2D eigenvalue weighted by Crippen LogP contribution is -2.39. The van der Waals surface area contributed by atoms with E-state index in [9.17, 15) is 9.90 Å². The van der Waals surface area contributed by atoms with Gasteiger partial charge in [0.2, 0.25) is 0 Å². The van der Waals surface area contributed by atoms with Gasteiger partial charge in [-0.2, -0.15) is 0 Å². The molecular weight excluding hydrogens is 340 g/mol. The Morgan fingerprint density at radius 1 is 1.33 bits per heavy atom. The van der Waals surface area contributed by atoms with Crippen LogP contribution in [0.2, 0.25) is 0 Å². The van der Waals surface area contributed by atoms with Gasteiger partial charge >= 0.3 is 6.09 Å². The van der Waals surface area contributed by atoms with Crippen molar-refractivity contribution in [1.29, 1.82) is 0 Å². The molecular formula is C22H28N2O3. The van der Waals surface area contributed by atoms with E-state index in [0.29, 0.717) is 13.0 Å². The fraction of sp³-hybridized carbons (Fsp3) is 0.500. The Morgan fingerprint density at radius 2 is 2.07 bits per heavy atom. The van der Waals surface area contributed by atoms with Crippen molar-refractivity contribution in [3.63, 3.8) is 0 Å². The predicted molar refractivity (Wildman–Crippen MR) is 107 cm³/mol. The summed E-state index contributed by atoms with van der Waals surface area (Å²) in [5.74, 6) is 6.07. The molecule has 0 radical (unpaired) electrons. The first-order valence-electron chi connectivity index (χ1n) is 9.47. The van der Waals surface area contributed by atoms with Gasteiger partial charge in [0.25, 0.3) is 0 Å². The van der Waals surface area contributed by atoms with Crippen LogP contribution in [0.1, 0.15) is 51.4 Å². The molecule has 5 heteroatoms. The molecule has 0 saturated carbocycles. The molecule has 0 unspecified atom stereocenters. The molecule has 27 heavy (non-hydrogen) atoms. The highest BCUT2D eigenvalue weighted by molar-refractivity contribution is 5.94. The molecule has 0 aliphatic carbocycles. The van der Waals surface area contributed by atoms with E-state index in [1.165, 1.54) is 5.56 Å². The van der Waals surface area contributed by atoms with Gasteiger partial charge < -0.3 is 9.84 Å². The zero-order chi connectivity index (χ0) is 19.6. The van der Waals surface area contributed by atoms with Crippen LogP contribution in [0, 0.1) is 11.8 Å². The third-order valence-electron chi connectivity index (χ3n) is 4.86. The zero-order valence-electron chi connectivity index (χ0n) is 16.6. The first-order valence-corrected chi connectivity index (χ1v) is 9.47. The summed E-state index contributed by atoms with van der Waals surface area (Å²) in [6.45, 7) is 8.97. The minimum atomic E-state index is -0.580. The van der Waals surface area contributed by atoms with E-state index in [0.717, 1.165) is 29.6 Å². The molecule has 144 valence electrons. The van der Waals surface area contributed by atoms with Crippen molar-refractivity contribution >= 4 is 17.0 Å². The number of aromatic nitrogens is 1. The second-order valence-corrected chi connectivity index (χ2v) is 7.87. The number of carbonyl (C=O) groups is 1. The Hall–Kier alpha value is -2.29. The van der Waals surface area contributed by atoms with Gasteiger partial charge in [0.1, 0.15) is 5.60 Å². The average molecular weight is 368 g/mol. The van der Waals surface area contributed by atoms with Crippen LogP contribution in [-0.4, -0.2) is 46.0 Å². The maximum absolute atomic E-state index is 13.1. The molecule has 1 aromatic carbocycles. The SMILES string of the molecule is CC#CCN1CCc2c(n(C(=O)OC(C)(C)C)c3ccccc23)[C@@H]1CCO. The second-order valence-electron chi connectivity index (χ2n) is 7.87. The van der Waals surface area contributed by atoms with E-state index in [2.05, 4.69) is 22.8 Å². The molecule has 0 spiro atoms. The Morgan fingerprint density at radius 3 is 2.74 bits per heavy atom. The number of aliphatic hydroxyl groups excluding tert-OH is 1. The first-order chi connectivity index (χ1) is 12.9. The molecule has 2 aromatic rings. The van der Waals surface area contributed by atoms with E-state index >= 15 is 0 Å². The van der Waals surface area contributed by atoms with Crippen LogP contribution in [0.15, 0.2) is 24.3 Å². The molecule has 1 N–H and O–H groups in total. The third-order valence-corrected chi connectivity index (χ3v) is 4.86. The van der Waals surface area contributed by atoms with E-state index in [1.807, 2.05) is 45.9 Å². The Kier molecular flexibility index (Phi) is 5.59. The smallest absolute Gasteiger partial charge is 0.419 e. The largest absolute Gasteiger partial charge is 0.443 e. The van der Waals surface area contributed by atoms with Crippen LogP contribution in [0.25, 0.3) is 10.9 Å². The topological polar surface area (TPSA) is 54.7 Å². The number of para-hydroxylation sites is 1. The van der Waals surface area contributed by atoms with Crippen molar-refractivity contribution in [3.8, 4) is 11.8 Å². The van der Waals surface area contributed by atoms with Gasteiger partial charge in [-0.3, -0.25) is 4.90 Å². The normalized spacial score (nSPS) is 17.3. The lowest BCUT2D eigenvalue weighted by molar-refractivity contribution is 0.0523. The highest BCUT2D eigenvalue weighted by atomic mass is 16.6. The minimum absolute atomic E-state index is 0.0516. The van der Waals surface area contributed by atoms with Crippen molar-refractivity contribution in [1.82, 2.24) is 9.47 Å². The number of hydrogen-bond acceptors (Lipinski definition) is 4. The highest BCUT2D eigenvalue weighted by Gasteiger charge is 2.35. The quantitative estimate of drug-likeness (QED) is 0.839. The summed E-state index contributed by atoms with van der Waals surface area (Å²) in [6.07, 6.45) is 1.03. The monoisotopic (exact) mass is 368 g/mol. The number of aliphatic hydroxyl groups is 1. The predicted octanol–water partition coefficient (Wildman–Crippen LogP) is 3.73. The highest BCUT2D eigenvalue weighted by Crippen LogP contribution is 2.39. The zero-order valence-corrected chi connectivity index (χ0v) is 16.6. The fourth-order valence-corrected chi connectivity index (χ4v) is 3.84. The number of hydrogen-bond donors (Lipinski definition) is 1.